The lowest BCUT2D eigenvalue weighted by Gasteiger charge is -2.22. The highest BCUT2D eigenvalue weighted by molar-refractivity contribution is 5.94. The summed E-state index contributed by atoms with van der Waals surface area (Å²) >= 11 is 0. The van der Waals surface area contributed by atoms with Gasteiger partial charge in [0, 0.05) is 28.6 Å². The predicted octanol–water partition coefficient (Wildman–Crippen LogP) is 2.92. The van der Waals surface area contributed by atoms with Crippen LogP contribution < -0.4 is 5.56 Å². The highest BCUT2D eigenvalue weighted by Crippen LogP contribution is 2.19. The van der Waals surface area contributed by atoms with Crippen LogP contribution in [0, 0.1) is 19.7 Å². The Hall–Kier alpha value is -2.99. The standard InChI is InChI=1S/C21H21FN2O3/c1-13-9-14(2)18-11-16(20(26)23-19(18)10-13)12-24(7-8-25)21(27)15-3-5-17(22)6-4-15/h3-6,9-11,25H,7-8,12H2,1-2H3,(H,23,26). The number of pyridine rings is 1. The molecule has 0 bridgehead atoms. The van der Waals surface area contributed by atoms with E-state index in [0.29, 0.717) is 11.1 Å². The smallest absolute Gasteiger partial charge is 0.254 e. The summed E-state index contributed by atoms with van der Waals surface area (Å²) in [5.74, 6) is -0.804. The molecule has 0 aliphatic heterocycles. The van der Waals surface area contributed by atoms with E-state index in [2.05, 4.69) is 4.98 Å². The fraction of sp³-hybridized carbons (Fsp3) is 0.238. The Bertz CT molecular complexity index is 1040. The summed E-state index contributed by atoms with van der Waals surface area (Å²) < 4.78 is 13.1. The molecular weight excluding hydrogens is 347 g/mol. The van der Waals surface area contributed by atoms with Gasteiger partial charge < -0.3 is 15.0 Å². The number of aryl methyl sites for hydroxylation is 2. The Morgan fingerprint density at radius 1 is 1.15 bits per heavy atom. The van der Waals surface area contributed by atoms with Crippen molar-refractivity contribution in [2.24, 2.45) is 0 Å². The highest BCUT2D eigenvalue weighted by Gasteiger charge is 2.18. The Balaban J connectivity index is 1.96. The average Bonchev–Trinajstić information content (AvgIpc) is 2.62. The first kappa shape index (κ1) is 18.8. The van der Waals surface area contributed by atoms with Crippen molar-refractivity contribution in [1.82, 2.24) is 9.88 Å². The van der Waals surface area contributed by atoms with Crippen LogP contribution in [0.5, 0.6) is 0 Å². The van der Waals surface area contributed by atoms with Crippen LogP contribution in [0.4, 0.5) is 4.39 Å². The zero-order chi connectivity index (χ0) is 19.6. The van der Waals surface area contributed by atoms with Crippen molar-refractivity contribution < 1.29 is 14.3 Å². The number of nitrogens with zero attached hydrogens (tertiary/aromatic N) is 1. The predicted molar refractivity (Wildman–Crippen MR) is 102 cm³/mol. The number of halogens is 1. The van der Waals surface area contributed by atoms with E-state index in [1.54, 1.807) is 6.07 Å². The third-order valence-corrected chi connectivity index (χ3v) is 4.50. The van der Waals surface area contributed by atoms with Crippen LogP contribution >= 0.6 is 0 Å². The van der Waals surface area contributed by atoms with Crippen molar-refractivity contribution >= 4 is 16.8 Å². The van der Waals surface area contributed by atoms with Crippen molar-refractivity contribution in [2.75, 3.05) is 13.2 Å². The van der Waals surface area contributed by atoms with E-state index >= 15 is 0 Å². The summed E-state index contributed by atoms with van der Waals surface area (Å²) in [4.78, 5) is 29.5. The number of aliphatic hydroxyl groups excluding tert-OH is 1. The van der Waals surface area contributed by atoms with E-state index < -0.39 is 5.82 Å². The molecule has 3 rings (SSSR count). The molecule has 3 aromatic rings. The maximum absolute atomic E-state index is 13.1. The number of hydrogen-bond acceptors (Lipinski definition) is 3. The minimum atomic E-state index is -0.433. The number of benzene rings is 2. The van der Waals surface area contributed by atoms with Crippen LogP contribution in [0.2, 0.25) is 0 Å². The average molecular weight is 368 g/mol. The van der Waals surface area contributed by atoms with Crippen molar-refractivity contribution in [3.63, 3.8) is 0 Å². The minimum Gasteiger partial charge on any atom is -0.395 e. The summed E-state index contributed by atoms with van der Waals surface area (Å²) in [6.07, 6.45) is 0. The van der Waals surface area contributed by atoms with Gasteiger partial charge in [-0.05, 0) is 61.4 Å². The number of hydrogen-bond donors (Lipinski definition) is 2. The Kier molecular flexibility index (Phi) is 5.37. The number of carbonyl (C=O) groups is 1. The van der Waals surface area contributed by atoms with Crippen LogP contribution in [0.15, 0.2) is 47.3 Å². The molecular formula is C21H21FN2O3. The maximum Gasteiger partial charge on any atom is 0.254 e. The number of nitrogens with one attached hydrogen (secondary N) is 1. The van der Waals surface area contributed by atoms with Gasteiger partial charge in [0.15, 0.2) is 0 Å². The zero-order valence-electron chi connectivity index (χ0n) is 15.3. The van der Waals surface area contributed by atoms with Gasteiger partial charge in [0.2, 0.25) is 0 Å². The first-order valence-corrected chi connectivity index (χ1v) is 8.68. The molecule has 0 unspecified atom stereocenters. The monoisotopic (exact) mass is 368 g/mol. The molecule has 0 aliphatic rings. The number of aliphatic hydroxyl groups is 1. The molecule has 27 heavy (non-hydrogen) atoms. The van der Waals surface area contributed by atoms with E-state index in [-0.39, 0.29) is 31.2 Å². The van der Waals surface area contributed by atoms with Crippen molar-refractivity contribution in [3.8, 4) is 0 Å². The molecule has 2 N–H and O–H groups in total. The molecule has 0 fully saturated rings. The van der Waals surface area contributed by atoms with E-state index in [1.165, 1.54) is 29.2 Å². The van der Waals surface area contributed by atoms with Gasteiger partial charge in [-0.25, -0.2) is 4.39 Å². The summed E-state index contributed by atoms with van der Waals surface area (Å²) in [6, 6.07) is 10.9. The summed E-state index contributed by atoms with van der Waals surface area (Å²) in [6.45, 7) is 3.81. The molecule has 5 nitrogen and oxygen atoms in total. The van der Waals surface area contributed by atoms with Gasteiger partial charge in [-0.15, -0.1) is 0 Å². The van der Waals surface area contributed by atoms with Crippen LogP contribution in [-0.2, 0) is 6.54 Å². The second kappa shape index (κ2) is 7.72. The van der Waals surface area contributed by atoms with E-state index in [9.17, 15) is 19.1 Å². The Morgan fingerprint density at radius 3 is 2.52 bits per heavy atom. The quantitative estimate of drug-likeness (QED) is 0.727. The van der Waals surface area contributed by atoms with Gasteiger partial charge in [0.1, 0.15) is 5.82 Å². The fourth-order valence-electron chi connectivity index (χ4n) is 3.19. The number of aromatic amines is 1. The van der Waals surface area contributed by atoms with Gasteiger partial charge in [-0.2, -0.15) is 0 Å². The zero-order valence-corrected chi connectivity index (χ0v) is 15.3. The van der Waals surface area contributed by atoms with Crippen LogP contribution in [0.25, 0.3) is 10.9 Å². The molecule has 6 heteroatoms. The SMILES string of the molecule is Cc1cc(C)c2cc(CN(CCO)C(=O)c3ccc(F)cc3)c(=O)[nH]c2c1. The molecule has 0 saturated carbocycles. The van der Waals surface area contributed by atoms with E-state index in [1.807, 2.05) is 26.0 Å². The van der Waals surface area contributed by atoms with E-state index in [0.717, 1.165) is 22.0 Å². The normalized spacial score (nSPS) is 11.0. The number of rotatable bonds is 5. The lowest BCUT2D eigenvalue weighted by Crippen LogP contribution is -2.35. The van der Waals surface area contributed by atoms with Crippen LogP contribution in [0.1, 0.15) is 27.0 Å². The molecule has 1 aromatic heterocycles. The lowest BCUT2D eigenvalue weighted by atomic mass is 10.0. The van der Waals surface area contributed by atoms with Crippen LogP contribution in [0.3, 0.4) is 0 Å². The lowest BCUT2D eigenvalue weighted by molar-refractivity contribution is 0.0707. The van der Waals surface area contributed by atoms with Crippen molar-refractivity contribution in [3.05, 3.63) is 80.9 Å². The third-order valence-electron chi connectivity index (χ3n) is 4.50. The number of fused-ring (bicyclic) bond motifs is 1. The maximum atomic E-state index is 13.1. The van der Waals surface area contributed by atoms with Gasteiger partial charge in [-0.1, -0.05) is 6.07 Å². The molecule has 1 amide bonds. The molecule has 0 atom stereocenters. The topological polar surface area (TPSA) is 73.4 Å². The number of amides is 1. The second-order valence-electron chi connectivity index (χ2n) is 6.62. The molecule has 0 spiro atoms. The third kappa shape index (κ3) is 4.06. The van der Waals surface area contributed by atoms with Gasteiger partial charge in [0.05, 0.1) is 13.2 Å². The molecule has 0 aliphatic carbocycles. The number of carbonyl (C=O) groups excluding carboxylic acids is 1. The van der Waals surface area contributed by atoms with Gasteiger partial charge >= 0.3 is 0 Å². The van der Waals surface area contributed by atoms with Crippen molar-refractivity contribution in [2.45, 2.75) is 20.4 Å². The largest absolute Gasteiger partial charge is 0.395 e. The number of aromatic nitrogens is 1. The molecule has 2 aromatic carbocycles. The highest BCUT2D eigenvalue weighted by atomic mass is 19.1. The first-order chi connectivity index (χ1) is 12.9. The van der Waals surface area contributed by atoms with Gasteiger partial charge in [-0.3, -0.25) is 9.59 Å². The summed E-state index contributed by atoms with van der Waals surface area (Å²) in [5, 5.41) is 10.2. The summed E-state index contributed by atoms with van der Waals surface area (Å²) in [7, 11) is 0. The second-order valence-corrected chi connectivity index (χ2v) is 6.62. The van der Waals surface area contributed by atoms with E-state index in [4.69, 9.17) is 0 Å². The summed E-state index contributed by atoms with van der Waals surface area (Å²) in [5.41, 5.74) is 3.28. The van der Waals surface area contributed by atoms with Gasteiger partial charge in [0.25, 0.3) is 11.5 Å². The number of H-pyrrole nitrogens is 1. The van der Waals surface area contributed by atoms with Crippen LogP contribution in [-0.4, -0.2) is 34.0 Å². The molecule has 1 heterocycles. The van der Waals surface area contributed by atoms with Crippen molar-refractivity contribution in [1.29, 1.82) is 0 Å². The fourth-order valence-corrected chi connectivity index (χ4v) is 3.19. The Labute approximate surface area is 156 Å². The molecule has 0 radical (unpaired) electrons. The minimum absolute atomic E-state index is 0.0510. The first-order valence-electron chi connectivity index (χ1n) is 8.68. The molecule has 0 saturated heterocycles. The molecule has 140 valence electrons. The Morgan fingerprint density at radius 2 is 1.85 bits per heavy atom.